The molecule has 0 unspecified atom stereocenters. The number of hydrogen-bond donors (Lipinski definition) is 5. The minimum Gasteiger partial charge on any atom is -0.493 e. The first-order chi connectivity index (χ1) is 24.0. The molecule has 1 aliphatic carbocycles. The Morgan fingerprint density at radius 1 is 1.00 bits per heavy atom. The molecule has 1 aliphatic rings. The van der Waals surface area contributed by atoms with E-state index in [1.165, 1.54) is 7.11 Å². The van der Waals surface area contributed by atoms with E-state index in [0.29, 0.717) is 35.8 Å². The lowest BCUT2D eigenvalue weighted by molar-refractivity contribution is -0.492. The summed E-state index contributed by atoms with van der Waals surface area (Å²) in [5.74, 6) is -0.250. The van der Waals surface area contributed by atoms with Crippen molar-refractivity contribution in [3.63, 3.8) is 0 Å². The van der Waals surface area contributed by atoms with E-state index in [9.17, 15) is 24.9 Å². The Morgan fingerprint density at radius 3 is 2.56 bits per heavy atom. The fourth-order valence-electron chi connectivity index (χ4n) is 5.30. The molecule has 274 valence electrons. The summed E-state index contributed by atoms with van der Waals surface area (Å²) >= 11 is 5.96. The van der Waals surface area contributed by atoms with Crippen LogP contribution in [-0.2, 0) is 19.2 Å². The van der Waals surface area contributed by atoms with Crippen LogP contribution >= 0.6 is 11.6 Å². The first kappa shape index (κ1) is 40.6. The van der Waals surface area contributed by atoms with E-state index < -0.39 is 35.6 Å². The van der Waals surface area contributed by atoms with Crippen molar-refractivity contribution >= 4 is 29.6 Å². The lowest BCUT2D eigenvalue weighted by Crippen LogP contribution is -2.21. The molecule has 2 aromatic rings. The van der Waals surface area contributed by atoms with Gasteiger partial charge in [-0.1, -0.05) is 54.1 Å². The number of unbranched alkanes of at least 4 members (excludes halogenated alkanes) is 1. The van der Waals surface area contributed by atoms with Crippen LogP contribution in [0.15, 0.2) is 72.8 Å². The first-order valence-electron chi connectivity index (χ1n) is 16.3. The van der Waals surface area contributed by atoms with Crippen LogP contribution in [0.1, 0.15) is 50.5 Å². The Labute approximate surface area is 296 Å². The number of allylic oxidation sites excluding steroid dienone is 2. The summed E-state index contributed by atoms with van der Waals surface area (Å²) in [6.07, 6.45) is 10.7. The Bertz CT molecular complexity index is 1430. The van der Waals surface area contributed by atoms with E-state index in [1.807, 2.05) is 12.2 Å². The summed E-state index contributed by atoms with van der Waals surface area (Å²) in [5, 5.41) is 48.4. The third kappa shape index (κ3) is 15.0. The maximum absolute atomic E-state index is 12.5. The predicted octanol–water partition coefficient (Wildman–Crippen LogP) is 5.07. The lowest BCUT2D eigenvalue weighted by atomic mass is 9.89. The van der Waals surface area contributed by atoms with E-state index in [1.54, 1.807) is 66.8 Å². The number of ether oxygens (including phenoxy) is 4. The minimum absolute atomic E-state index is 0.0182. The second-order valence-electron chi connectivity index (χ2n) is 11.6. The van der Waals surface area contributed by atoms with Crippen LogP contribution in [0.4, 0.5) is 0 Å². The van der Waals surface area contributed by atoms with Crippen LogP contribution < -0.4 is 14.2 Å². The second-order valence-corrected chi connectivity index (χ2v) is 12.0. The Balaban J connectivity index is 1.37. The summed E-state index contributed by atoms with van der Waals surface area (Å²) in [6.45, 7) is -0.00113. The molecule has 1 saturated carbocycles. The van der Waals surface area contributed by atoms with Crippen molar-refractivity contribution in [2.75, 3.05) is 26.9 Å². The smallest absolute Gasteiger partial charge is 0.311 e. The van der Waals surface area contributed by atoms with Gasteiger partial charge in [-0.15, -0.1) is 0 Å². The molecule has 3 rings (SSSR count). The van der Waals surface area contributed by atoms with Crippen LogP contribution in [0.2, 0.25) is 5.02 Å². The summed E-state index contributed by atoms with van der Waals surface area (Å²) in [5.41, 5.74) is 0.735. The van der Waals surface area contributed by atoms with Crippen molar-refractivity contribution in [1.29, 1.82) is 0 Å². The van der Waals surface area contributed by atoms with Gasteiger partial charge in [-0.3, -0.25) is 24.8 Å². The highest BCUT2D eigenvalue weighted by atomic mass is 35.5. The highest BCUT2D eigenvalue weighted by Crippen LogP contribution is 2.36. The molecule has 0 saturated heterocycles. The number of esters is 2. The molecule has 0 bridgehead atoms. The van der Waals surface area contributed by atoms with Gasteiger partial charge in [0, 0.05) is 30.2 Å². The molecule has 0 amide bonds. The largest absolute Gasteiger partial charge is 0.493 e. The van der Waals surface area contributed by atoms with Gasteiger partial charge >= 0.3 is 11.9 Å². The zero-order valence-corrected chi connectivity index (χ0v) is 28.6. The number of nitrogens with zero attached hydrogens (tertiary/aromatic N) is 1. The maximum atomic E-state index is 12.5. The van der Waals surface area contributed by atoms with Crippen molar-refractivity contribution in [3.8, 4) is 17.2 Å². The van der Waals surface area contributed by atoms with Gasteiger partial charge < -0.3 is 34.3 Å². The molecule has 5 N–H and O–H groups in total. The third-order valence-corrected chi connectivity index (χ3v) is 8.04. The number of aliphatic hydroxyl groups is 3. The Morgan fingerprint density at radius 2 is 1.80 bits per heavy atom. The number of carbonyl (C=O) groups is 2. The molecular weight excluding hydrogens is 674 g/mol. The normalized spacial score (nSPS) is 19.8. The van der Waals surface area contributed by atoms with E-state index in [4.69, 9.17) is 41.0 Å². The van der Waals surface area contributed by atoms with Crippen LogP contribution in [0, 0.1) is 11.8 Å². The van der Waals surface area contributed by atoms with Gasteiger partial charge in [0.1, 0.15) is 25.1 Å². The number of benzene rings is 2. The molecular formula is C36H46ClNO12. The van der Waals surface area contributed by atoms with Gasteiger partial charge in [0.05, 0.1) is 31.3 Å². The fraction of sp³-hybridized carbons (Fsp3) is 0.444. The number of methoxy groups -OCH3 is 1. The number of halogens is 1. The first-order valence-corrected chi connectivity index (χ1v) is 16.7. The fourth-order valence-corrected chi connectivity index (χ4v) is 5.48. The van der Waals surface area contributed by atoms with Gasteiger partial charge in [0.15, 0.2) is 11.5 Å². The molecule has 0 heterocycles. The van der Waals surface area contributed by atoms with Crippen molar-refractivity contribution in [1.82, 2.24) is 5.39 Å². The van der Waals surface area contributed by atoms with Crippen molar-refractivity contribution < 1.29 is 59.1 Å². The van der Waals surface area contributed by atoms with Crippen molar-refractivity contribution in [2.24, 2.45) is 11.8 Å². The topological polar surface area (TPSA) is 185 Å². The third-order valence-electron chi connectivity index (χ3n) is 7.81. The number of hydrogen-bond acceptors (Lipinski definition) is 13. The Kier molecular flexibility index (Phi) is 18.0. The number of carbonyl (C=O) groups excluding carboxylic acids is 2. The molecule has 0 aliphatic heterocycles. The van der Waals surface area contributed by atoms with E-state index in [2.05, 4.69) is 4.84 Å². The molecule has 1 fully saturated rings. The van der Waals surface area contributed by atoms with Crippen LogP contribution in [-0.4, -0.2) is 88.3 Å². The summed E-state index contributed by atoms with van der Waals surface area (Å²) < 4.78 is 21.5. The average Bonchev–Trinajstić information content (AvgIpc) is 3.35. The van der Waals surface area contributed by atoms with Gasteiger partial charge in [-0.2, -0.15) is 0 Å². The molecule has 14 heteroatoms. The molecule has 5 atom stereocenters. The highest BCUT2D eigenvalue weighted by molar-refractivity contribution is 6.30. The summed E-state index contributed by atoms with van der Waals surface area (Å²) in [6, 6.07) is 11.9. The number of aliphatic hydroxyl groups excluding tert-OH is 3. The minimum atomic E-state index is -0.901. The monoisotopic (exact) mass is 719 g/mol. The van der Waals surface area contributed by atoms with Gasteiger partial charge in [-0.25, -0.2) is 0 Å². The highest BCUT2D eigenvalue weighted by Gasteiger charge is 2.39. The maximum Gasteiger partial charge on any atom is 0.311 e. The van der Waals surface area contributed by atoms with Crippen molar-refractivity contribution in [3.05, 3.63) is 83.4 Å². The molecule has 0 spiro atoms. The van der Waals surface area contributed by atoms with E-state index in [0.717, 1.165) is 5.56 Å². The van der Waals surface area contributed by atoms with Gasteiger partial charge in [0.25, 0.3) is 0 Å². The van der Waals surface area contributed by atoms with E-state index >= 15 is 0 Å². The predicted molar refractivity (Wildman–Crippen MR) is 183 cm³/mol. The zero-order chi connectivity index (χ0) is 36.3. The standard InChI is InChI=1S/C36H46ClNO12/c1-46-34-21-25(9-7-19-47-35(42)14-8-20-49-38(44)45)15-18-33(34)50-36(43)13-5-3-2-4-12-29-30(32(41)23-31(29)40)17-16-27(39)24-48-28-11-6-10-26(37)22-28/h2,4,6-7,9-11,15-18,21-22,27,29-32,39-41,44-45H,3,5,8,12-14,19-20,23-24H2,1H3/b4-2-,9-7+,17-16+/t27-,29-,30-,31+,32-/m1/s1. The lowest BCUT2D eigenvalue weighted by Gasteiger charge is -2.19. The second kappa shape index (κ2) is 22.1. The average molecular weight is 720 g/mol. The molecule has 0 radical (unpaired) electrons. The summed E-state index contributed by atoms with van der Waals surface area (Å²) in [7, 11) is 1.46. The van der Waals surface area contributed by atoms with Gasteiger partial charge in [-0.05, 0) is 73.6 Å². The van der Waals surface area contributed by atoms with Crippen LogP contribution in [0.3, 0.4) is 0 Å². The Hall–Kier alpha value is -3.79. The molecule has 2 aromatic carbocycles. The SMILES string of the molecule is COc1cc(/C=C/COC(=O)CCCON(O)O)ccc1OC(=O)CCC/C=C\C[C@@H]1[C@@H](/C=C/[C@@H](O)COc2cccc(Cl)c2)[C@H](O)C[C@@H]1O. The molecule has 0 aromatic heterocycles. The summed E-state index contributed by atoms with van der Waals surface area (Å²) in [4.78, 5) is 28.6. The van der Waals surface area contributed by atoms with E-state index in [-0.39, 0.29) is 63.1 Å². The quantitative estimate of drug-likeness (QED) is 0.0379. The zero-order valence-electron chi connectivity index (χ0n) is 27.9. The molecule has 50 heavy (non-hydrogen) atoms. The number of rotatable bonds is 21. The van der Waals surface area contributed by atoms with Crippen LogP contribution in [0.25, 0.3) is 6.08 Å². The van der Waals surface area contributed by atoms with Crippen molar-refractivity contribution in [2.45, 2.75) is 63.3 Å². The van der Waals surface area contributed by atoms with Gasteiger partial charge in [0.2, 0.25) is 0 Å². The molecule has 13 nitrogen and oxygen atoms in total. The van der Waals surface area contributed by atoms with Crippen LogP contribution in [0.5, 0.6) is 17.2 Å².